The zero-order chi connectivity index (χ0) is 17.6. The third-order valence-corrected chi connectivity index (χ3v) is 3.69. The lowest BCUT2D eigenvalue weighted by Crippen LogP contribution is -2.29. The minimum absolute atomic E-state index is 0.250. The van der Waals surface area contributed by atoms with E-state index in [-0.39, 0.29) is 6.03 Å². The van der Waals surface area contributed by atoms with Crippen LogP contribution in [0.4, 0.5) is 10.5 Å². The summed E-state index contributed by atoms with van der Waals surface area (Å²) in [5.74, 6) is 0.944. The molecule has 0 spiro atoms. The van der Waals surface area contributed by atoms with Crippen molar-refractivity contribution in [1.29, 1.82) is 0 Å². The lowest BCUT2D eigenvalue weighted by atomic mass is 10.3. The van der Waals surface area contributed by atoms with Crippen LogP contribution in [-0.4, -0.2) is 27.5 Å². The maximum atomic E-state index is 11.8. The number of fused-ring (bicyclic) bond motifs is 1. The Labute approximate surface area is 153 Å². The molecule has 2 aromatic heterocycles. The van der Waals surface area contributed by atoms with E-state index in [1.807, 2.05) is 13.0 Å². The molecule has 3 aromatic rings. The van der Waals surface area contributed by atoms with E-state index in [9.17, 15) is 4.79 Å². The Morgan fingerprint density at radius 3 is 2.96 bits per heavy atom. The van der Waals surface area contributed by atoms with Crippen molar-refractivity contribution in [3.05, 3.63) is 47.3 Å². The molecule has 2 heterocycles. The standard InChI is InChI=1S/C17H16BrN5O2/c1-2-6-19-17(24)23-12-4-3-5-13(8-12)25-16-14-7-11(18)9-20-15(14)21-10-22-16/h3-5,7-10H,2,6H2,1H3,(H2,19,23,24). The highest BCUT2D eigenvalue weighted by molar-refractivity contribution is 9.10. The number of carbonyl (C=O) groups excluding carboxylic acids is 1. The molecule has 0 saturated heterocycles. The molecule has 1 aromatic carbocycles. The van der Waals surface area contributed by atoms with Gasteiger partial charge in [-0.05, 0) is 40.5 Å². The molecule has 0 aliphatic rings. The van der Waals surface area contributed by atoms with E-state index >= 15 is 0 Å². The van der Waals surface area contributed by atoms with Gasteiger partial charge in [-0.25, -0.2) is 19.7 Å². The Kier molecular flexibility index (Phi) is 5.39. The number of nitrogens with one attached hydrogen (secondary N) is 2. The van der Waals surface area contributed by atoms with Gasteiger partial charge in [-0.3, -0.25) is 0 Å². The second-order valence-corrected chi connectivity index (χ2v) is 6.13. The molecule has 0 fully saturated rings. The minimum atomic E-state index is -0.250. The number of pyridine rings is 1. The molecule has 0 radical (unpaired) electrons. The summed E-state index contributed by atoms with van der Waals surface area (Å²) in [4.78, 5) is 24.3. The van der Waals surface area contributed by atoms with E-state index in [1.165, 1.54) is 6.33 Å². The summed E-state index contributed by atoms with van der Waals surface area (Å²) in [5.41, 5.74) is 1.17. The van der Waals surface area contributed by atoms with Crippen LogP contribution in [-0.2, 0) is 0 Å². The lowest BCUT2D eigenvalue weighted by Gasteiger charge is -2.10. The zero-order valence-electron chi connectivity index (χ0n) is 13.5. The number of halogens is 1. The normalized spacial score (nSPS) is 10.5. The first kappa shape index (κ1) is 17.1. The van der Waals surface area contributed by atoms with Gasteiger partial charge in [0, 0.05) is 29.0 Å². The van der Waals surface area contributed by atoms with Crippen LogP contribution in [0, 0.1) is 0 Å². The van der Waals surface area contributed by atoms with E-state index in [0.29, 0.717) is 34.9 Å². The molecule has 0 aliphatic heterocycles. The summed E-state index contributed by atoms with van der Waals surface area (Å²) in [6.45, 7) is 2.62. The Morgan fingerprint density at radius 2 is 2.12 bits per heavy atom. The fraction of sp³-hybridized carbons (Fsp3) is 0.176. The number of urea groups is 1. The molecule has 0 bridgehead atoms. The summed E-state index contributed by atoms with van der Waals surface area (Å²) >= 11 is 3.38. The van der Waals surface area contributed by atoms with E-state index < -0.39 is 0 Å². The van der Waals surface area contributed by atoms with Crippen LogP contribution < -0.4 is 15.4 Å². The van der Waals surface area contributed by atoms with E-state index in [0.717, 1.165) is 10.9 Å². The van der Waals surface area contributed by atoms with Crippen molar-refractivity contribution >= 4 is 38.7 Å². The van der Waals surface area contributed by atoms with Gasteiger partial charge in [0.2, 0.25) is 5.88 Å². The molecule has 128 valence electrons. The number of benzene rings is 1. The van der Waals surface area contributed by atoms with Gasteiger partial charge in [0.25, 0.3) is 0 Å². The fourth-order valence-electron chi connectivity index (χ4n) is 2.14. The molecule has 2 N–H and O–H groups in total. The maximum absolute atomic E-state index is 11.8. The van der Waals surface area contributed by atoms with Gasteiger partial charge >= 0.3 is 6.03 Å². The highest BCUT2D eigenvalue weighted by Gasteiger charge is 2.09. The molecular formula is C17H16BrN5O2. The zero-order valence-corrected chi connectivity index (χ0v) is 15.1. The number of aromatic nitrogens is 3. The summed E-state index contributed by atoms with van der Waals surface area (Å²) in [6.07, 6.45) is 3.94. The van der Waals surface area contributed by atoms with Crippen molar-refractivity contribution in [1.82, 2.24) is 20.3 Å². The molecule has 25 heavy (non-hydrogen) atoms. The largest absolute Gasteiger partial charge is 0.438 e. The summed E-state index contributed by atoms with van der Waals surface area (Å²) in [7, 11) is 0. The van der Waals surface area contributed by atoms with Crippen LogP contribution in [0.5, 0.6) is 11.6 Å². The van der Waals surface area contributed by atoms with Gasteiger partial charge in [0.1, 0.15) is 12.1 Å². The smallest absolute Gasteiger partial charge is 0.319 e. The molecule has 8 heteroatoms. The molecule has 2 amide bonds. The van der Waals surface area contributed by atoms with Crippen molar-refractivity contribution in [3.63, 3.8) is 0 Å². The van der Waals surface area contributed by atoms with E-state index in [1.54, 1.807) is 30.5 Å². The first-order valence-electron chi connectivity index (χ1n) is 7.74. The molecular weight excluding hydrogens is 386 g/mol. The number of ether oxygens (including phenoxy) is 1. The number of nitrogens with zero attached hydrogens (tertiary/aromatic N) is 3. The first-order valence-corrected chi connectivity index (χ1v) is 8.54. The van der Waals surface area contributed by atoms with Crippen LogP contribution in [0.15, 0.2) is 47.3 Å². The van der Waals surface area contributed by atoms with Crippen molar-refractivity contribution in [3.8, 4) is 11.6 Å². The van der Waals surface area contributed by atoms with E-state index in [4.69, 9.17) is 4.74 Å². The molecule has 7 nitrogen and oxygen atoms in total. The Balaban J connectivity index is 1.81. The van der Waals surface area contributed by atoms with Crippen molar-refractivity contribution < 1.29 is 9.53 Å². The van der Waals surface area contributed by atoms with Crippen LogP contribution in [0.1, 0.15) is 13.3 Å². The molecule has 0 aliphatic carbocycles. The van der Waals surface area contributed by atoms with Gasteiger partial charge in [-0.15, -0.1) is 0 Å². The molecule has 0 saturated carbocycles. The number of carbonyl (C=O) groups is 1. The van der Waals surface area contributed by atoms with Crippen LogP contribution in [0.3, 0.4) is 0 Å². The number of rotatable bonds is 5. The second kappa shape index (κ2) is 7.89. The highest BCUT2D eigenvalue weighted by Crippen LogP contribution is 2.28. The maximum Gasteiger partial charge on any atom is 0.319 e. The second-order valence-electron chi connectivity index (χ2n) is 5.21. The van der Waals surface area contributed by atoms with Crippen molar-refractivity contribution in [2.75, 3.05) is 11.9 Å². The number of hydrogen-bond donors (Lipinski definition) is 2. The van der Waals surface area contributed by atoms with Gasteiger partial charge in [0.15, 0.2) is 5.65 Å². The summed E-state index contributed by atoms with van der Waals surface area (Å²) in [6, 6.07) is 8.69. The average Bonchev–Trinajstić information content (AvgIpc) is 2.61. The quantitative estimate of drug-likeness (QED) is 0.671. The van der Waals surface area contributed by atoms with Gasteiger partial charge < -0.3 is 15.4 Å². The number of amides is 2. The number of anilines is 1. The Morgan fingerprint density at radius 1 is 1.24 bits per heavy atom. The highest BCUT2D eigenvalue weighted by atomic mass is 79.9. The summed E-state index contributed by atoms with van der Waals surface area (Å²) in [5, 5.41) is 6.21. The number of hydrogen-bond acceptors (Lipinski definition) is 5. The van der Waals surface area contributed by atoms with Crippen LogP contribution in [0.25, 0.3) is 11.0 Å². The summed E-state index contributed by atoms with van der Waals surface area (Å²) < 4.78 is 6.67. The Bertz CT molecular complexity index is 903. The fourth-order valence-corrected chi connectivity index (χ4v) is 2.47. The first-order chi connectivity index (χ1) is 12.2. The minimum Gasteiger partial charge on any atom is -0.438 e. The monoisotopic (exact) mass is 401 g/mol. The van der Waals surface area contributed by atoms with E-state index in [2.05, 4.69) is 41.5 Å². The van der Waals surface area contributed by atoms with Crippen molar-refractivity contribution in [2.24, 2.45) is 0 Å². The van der Waals surface area contributed by atoms with Gasteiger partial charge in [-0.2, -0.15) is 0 Å². The predicted molar refractivity (Wildman–Crippen MR) is 98.9 cm³/mol. The Hall–Kier alpha value is -2.74. The topological polar surface area (TPSA) is 89.0 Å². The predicted octanol–water partition coefficient (Wildman–Crippen LogP) is 4.11. The third-order valence-electron chi connectivity index (χ3n) is 3.26. The average molecular weight is 402 g/mol. The van der Waals surface area contributed by atoms with Crippen LogP contribution >= 0.6 is 15.9 Å². The molecule has 3 rings (SSSR count). The SMILES string of the molecule is CCCNC(=O)Nc1cccc(Oc2ncnc3ncc(Br)cc23)c1. The van der Waals surface area contributed by atoms with Crippen LogP contribution in [0.2, 0.25) is 0 Å². The van der Waals surface area contributed by atoms with Gasteiger partial charge in [-0.1, -0.05) is 13.0 Å². The lowest BCUT2D eigenvalue weighted by molar-refractivity contribution is 0.252. The van der Waals surface area contributed by atoms with Gasteiger partial charge in [0.05, 0.1) is 5.39 Å². The molecule has 0 atom stereocenters. The third kappa shape index (κ3) is 4.42. The molecule has 0 unspecified atom stereocenters. The van der Waals surface area contributed by atoms with Crippen molar-refractivity contribution in [2.45, 2.75) is 13.3 Å².